The van der Waals surface area contributed by atoms with Gasteiger partial charge in [0.2, 0.25) is 0 Å². The molecule has 1 aliphatic rings. The maximum atomic E-state index is 12.8. The van der Waals surface area contributed by atoms with E-state index in [1.165, 1.54) is 35.2 Å². The minimum absolute atomic E-state index is 0.0577. The van der Waals surface area contributed by atoms with E-state index < -0.39 is 28.6 Å². The number of nitro groups is 1. The SMILES string of the molecule is C#CCN1C(=O)[C@](O)(CC(=O)c2ccccc2[N+](=O)[O-])c2ccccc21. The number of amides is 1. The fourth-order valence-corrected chi connectivity index (χ4v) is 3.12. The van der Waals surface area contributed by atoms with Gasteiger partial charge in [0.05, 0.1) is 29.1 Å². The van der Waals surface area contributed by atoms with Gasteiger partial charge in [0.1, 0.15) is 0 Å². The molecule has 0 fully saturated rings. The number of ketones is 1. The van der Waals surface area contributed by atoms with Gasteiger partial charge in [-0.15, -0.1) is 6.42 Å². The Morgan fingerprint density at radius 2 is 1.88 bits per heavy atom. The van der Waals surface area contributed by atoms with Crippen molar-refractivity contribution in [1.29, 1.82) is 0 Å². The molecule has 0 aliphatic carbocycles. The summed E-state index contributed by atoms with van der Waals surface area (Å²) in [7, 11) is 0. The second-order valence-electron chi connectivity index (χ2n) is 5.85. The Balaban J connectivity index is 2.02. The number of benzene rings is 2. The van der Waals surface area contributed by atoms with Crippen LogP contribution >= 0.6 is 0 Å². The van der Waals surface area contributed by atoms with Crippen LogP contribution in [0.4, 0.5) is 11.4 Å². The van der Waals surface area contributed by atoms with E-state index in [1.54, 1.807) is 18.2 Å². The monoisotopic (exact) mass is 350 g/mol. The van der Waals surface area contributed by atoms with Gasteiger partial charge in [-0.25, -0.2) is 0 Å². The average molecular weight is 350 g/mol. The normalized spacial score (nSPS) is 18.3. The summed E-state index contributed by atoms with van der Waals surface area (Å²) in [5.74, 6) is 0.925. The fraction of sp³-hybridized carbons (Fsp3) is 0.158. The molecule has 2 aromatic rings. The van der Waals surface area contributed by atoms with E-state index in [4.69, 9.17) is 6.42 Å². The molecule has 0 unspecified atom stereocenters. The Labute approximate surface area is 149 Å². The standard InChI is InChI=1S/C19H14N2O5/c1-2-11-20-16-10-6-4-8-14(16)19(24,18(20)23)12-17(22)13-7-3-5-9-15(13)21(25)26/h1,3-10,24H,11-12H2/t19-/m0/s1. The highest BCUT2D eigenvalue weighted by Gasteiger charge is 2.51. The van der Waals surface area contributed by atoms with Crippen molar-refractivity contribution in [3.8, 4) is 12.3 Å². The Hall–Kier alpha value is -3.50. The smallest absolute Gasteiger partial charge is 0.280 e. The third kappa shape index (κ3) is 2.62. The number of carbonyl (C=O) groups excluding carboxylic acids is 2. The van der Waals surface area contributed by atoms with Gasteiger partial charge >= 0.3 is 0 Å². The molecule has 0 saturated heterocycles. The van der Waals surface area contributed by atoms with Crippen molar-refractivity contribution in [3.05, 3.63) is 69.8 Å². The fourth-order valence-electron chi connectivity index (χ4n) is 3.12. The van der Waals surface area contributed by atoms with Gasteiger partial charge < -0.3 is 5.11 Å². The number of terminal acetylenes is 1. The lowest BCUT2D eigenvalue weighted by Gasteiger charge is -2.21. The number of para-hydroxylation sites is 2. The highest BCUT2D eigenvalue weighted by atomic mass is 16.6. The minimum atomic E-state index is -2.12. The number of aliphatic hydroxyl groups is 1. The van der Waals surface area contributed by atoms with Crippen LogP contribution < -0.4 is 4.90 Å². The molecule has 1 aliphatic heterocycles. The lowest BCUT2D eigenvalue weighted by molar-refractivity contribution is -0.385. The minimum Gasteiger partial charge on any atom is -0.375 e. The number of rotatable bonds is 5. The van der Waals surface area contributed by atoms with Crippen LogP contribution in [0.5, 0.6) is 0 Å². The topological polar surface area (TPSA) is 101 Å². The number of Topliss-reactive ketones (excluding diaryl/α,β-unsaturated/α-hetero) is 1. The molecule has 0 aromatic heterocycles. The first-order valence-electron chi connectivity index (χ1n) is 7.74. The van der Waals surface area contributed by atoms with Gasteiger partial charge in [-0.2, -0.15) is 0 Å². The summed E-state index contributed by atoms with van der Waals surface area (Å²) < 4.78 is 0. The highest BCUT2D eigenvalue weighted by Crippen LogP contribution is 2.43. The summed E-state index contributed by atoms with van der Waals surface area (Å²) in [5, 5.41) is 22.2. The summed E-state index contributed by atoms with van der Waals surface area (Å²) in [4.78, 5) is 37.1. The number of hydrogen-bond donors (Lipinski definition) is 1. The Morgan fingerprint density at radius 1 is 1.23 bits per heavy atom. The van der Waals surface area contributed by atoms with Crippen LogP contribution in [0.15, 0.2) is 48.5 Å². The van der Waals surface area contributed by atoms with Crippen molar-refractivity contribution in [2.45, 2.75) is 12.0 Å². The zero-order valence-electron chi connectivity index (χ0n) is 13.6. The van der Waals surface area contributed by atoms with E-state index in [0.717, 1.165) is 0 Å². The number of nitrogens with zero attached hydrogens (tertiary/aromatic N) is 2. The second-order valence-corrected chi connectivity index (χ2v) is 5.85. The first-order valence-corrected chi connectivity index (χ1v) is 7.74. The van der Waals surface area contributed by atoms with E-state index in [2.05, 4.69) is 5.92 Å². The highest BCUT2D eigenvalue weighted by molar-refractivity contribution is 6.11. The van der Waals surface area contributed by atoms with Crippen molar-refractivity contribution in [2.24, 2.45) is 0 Å². The Bertz CT molecular complexity index is 962. The van der Waals surface area contributed by atoms with Crippen molar-refractivity contribution in [2.75, 3.05) is 11.4 Å². The molecule has 3 rings (SSSR count). The molecule has 0 spiro atoms. The number of anilines is 1. The van der Waals surface area contributed by atoms with Crippen LogP contribution in [0.25, 0.3) is 0 Å². The number of carbonyl (C=O) groups is 2. The molecule has 0 saturated carbocycles. The molecule has 0 radical (unpaired) electrons. The van der Waals surface area contributed by atoms with Crippen molar-refractivity contribution in [1.82, 2.24) is 0 Å². The lowest BCUT2D eigenvalue weighted by Crippen LogP contribution is -2.42. The lowest BCUT2D eigenvalue weighted by atomic mass is 9.88. The largest absolute Gasteiger partial charge is 0.375 e. The third-order valence-corrected chi connectivity index (χ3v) is 4.31. The summed E-state index contributed by atoms with van der Waals surface area (Å²) in [6.45, 7) is -0.0577. The second kappa shape index (κ2) is 6.43. The van der Waals surface area contributed by atoms with E-state index >= 15 is 0 Å². The van der Waals surface area contributed by atoms with Gasteiger partial charge in [0, 0.05) is 11.6 Å². The van der Waals surface area contributed by atoms with Crippen LogP contribution in [0, 0.1) is 22.5 Å². The van der Waals surface area contributed by atoms with Gasteiger partial charge in [-0.3, -0.25) is 24.6 Å². The first kappa shape index (κ1) is 17.3. The van der Waals surface area contributed by atoms with Crippen molar-refractivity contribution >= 4 is 23.1 Å². The molecule has 130 valence electrons. The van der Waals surface area contributed by atoms with Crippen molar-refractivity contribution in [3.63, 3.8) is 0 Å². The maximum Gasteiger partial charge on any atom is 0.280 e. The molecule has 7 nitrogen and oxygen atoms in total. The number of fused-ring (bicyclic) bond motifs is 1. The van der Waals surface area contributed by atoms with E-state index in [1.807, 2.05) is 0 Å². The summed E-state index contributed by atoms with van der Waals surface area (Å²) in [6.07, 6.45) is 4.68. The first-order chi connectivity index (χ1) is 12.4. The van der Waals surface area contributed by atoms with Gasteiger partial charge in [-0.05, 0) is 12.1 Å². The summed E-state index contributed by atoms with van der Waals surface area (Å²) >= 11 is 0. The van der Waals surface area contributed by atoms with Crippen LogP contribution in [0.1, 0.15) is 22.3 Å². The Kier molecular flexibility index (Phi) is 4.28. The zero-order chi connectivity index (χ0) is 18.9. The zero-order valence-corrected chi connectivity index (χ0v) is 13.6. The average Bonchev–Trinajstić information content (AvgIpc) is 2.84. The van der Waals surface area contributed by atoms with Crippen LogP contribution in [0.2, 0.25) is 0 Å². The molecular weight excluding hydrogens is 336 g/mol. The van der Waals surface area contributed by atoms with Crippen LogP contribution in [-0.4, -0.2) is 28.3 Å². The molecule has 2 aromatic carbocycles. The molecule has 1 N–H and O–H groups in total. The molecular formula is C19H14N2O5. The predicted molar refractivity (Wildman–Crippen MR) is 93.6 cm³/mol. The maximum absolute atomic E-state index is 12.8. The van der Waals surface area contributed by atoms with E-state index in [0.29, 0.717) is 5.69 Å². The summed E-state index contributed by atoms with van der Waals surface area (Å²) in [6, 6.07) is 11.9. The number of hydrogen-bond acceptors (Lipinski definition) is 5. The van der Waals surface area contributed by atoms with Crippen LogP contribution in [-0.2, 0) is 10.4 Å². The van der Waals surface area contributed by atoms with Gasteiger partial charge in [0.15, 0.2) is 11.4 Å². The van der Waals surface area contributed by atoms with Crippen molar-refractivity contribution < 1.29 is 19.6 Å². The molecule has 7 heteroatoms. The number of nitro benzene ring substituents is 1. The quantitative estimate of drug-likeness (QED) is 0.385. The molecule has 1 atom stereocenters. The molecule has 1 amide bonds. The molecule has 0 bridgehead atoms. The van der Waals surface area contributed by atoms with Gasteiger partial charge in [-0.1, -0.05) is 36.3 Å². The van der Waals surface area contributed by atoms with E-state index in [-0.39, 0.29) is 23.4 Å². The van der Waals surface area contributed by atoms with Gasteiger partial charge in [0.25, 0.3) is 11.6 Å². The molecule has 1 heterocycles. The van der Waals surface area contributed by atoms with Crippen LogP contribution in [0.3, 0.4) is 0 Å². The summed E-state index contributed by atoms with van der Waals surface area (Å²) in [5.41, 5.74) is -1.97. The predicted octanol–water partition coefficient (Wildman–Crippen LogP) is 2.04. The van der Waals surface area contributed by atoms with E-state index in [9.17, 15) is 24.8 Å². The molecule has 26 heavy (non-hydrogen) atoms. The third-order valence-electron chi connectivity index (χ3n) is 4.31. The Morgan fingerprint density at radius 3 is 2.58 bits per heavy atom.